The van der Waals surface area contributed by atoms with Crippen molar-refractivity contribution in [3.05, 3.63) is 29.8 Å². The summed E-state index contributed by atoms with van der Waals surface area (Å²) in [7, 11) is 1.73. The molecule has 0 saturated carbocycles. The van der Waals surface area contributed by atoms with E-state index >= 15 is 0 Å². The molecule has 1 saturated heterocycles. The van der Waals surface area contributed by atoms with Gasteiger partial charge in [0.25, 0.3) is 0 Å². The Morgan fingerprint density at radius 2 is 2.24 bits per heavy atom. The minimum atomic E-state index is 0.621. The van der Waals surface area contributed by atoms with Crippen LogP contribution in [0.15, 0.2) is 24.3 Å². The normalized spacial score (nSPS) is 24.8. The highest BCUT2D eigenvalue weighted by atomic mass is 16.5. The fourth-order valence-corrected chi connectivity index (χ4v) is 3.03. The van der Waals surface area contributed by atoms with Crippen molar-refractivity contribution in [3.8, 4) is 5.75 Å². The van der Waals surface area contributed by atoms with Crippen LogP contribution in [0.2, 0.25) is 0 Å². The molecule has 3 nitrogen and oxygen atoms in total. The standard InChI is InChI=1S/C18H30N2O/c1-5-14(2)18-13-20(15(3)12-19-18)10-9-16-7-6-8-17(11-16)21-4/h6-8,11,14-15,18-19H,5,9-10,12-13H2,1-4H3. The average molecular weight is 290 g/mol. The molecule has 1 heterocycles. The van der Waals surface area contributed by atoms with Gasteiger partial charge in [-0.1, -0.05) is 32.4 Å². The van der Waals surface area contributed by atoms with Gasteiger partial charge in [0.15, 0.2) is 0 Å². The third-order valence-electron chi connectivity index (χ3n) is 4.88. The highest BCUT2D eigenvalue weighted by Gasteiger charge is 2.27. The van der Waals surface area contributed by atoms with Gasteiger partial charge in [-0.2, -0.15) is 0 Å². The zero-order valence-corrected chi connectivity index (χ0v) is 13.9. The van der Waals surface area contributed by atoms with Crippen molar-refractivity contribution in [1.29, 1.82) is 0 Å². The van der Waals surface area contributed by atoms with Crippen molar-refractivity contribution in [2.24, 2.45) is 5.92 Å². The van der Waals surface area contributed by atoms with Crippen LogP contribution < -0.4 is 10.1 Å². The summed E-state index contributed by atoms with van der Waals surface area (Å²) in [5, 5.41) is 3.70. The van der Waals surface area contributed by atoms with Gasteiger partial charge in [0, 0.05) is 31.7 Å². The molecule has 1 N–H and O–H groups in total. The second-order valence-corrected chi connectivity index (χ2v) is 6.35. The van der Waals surface area contributed by atoms with Crippen LogP contribution in [-0.4, -0.2) is 43.7 Å². The van der Waals surface area contributed by atoms with Crippen LogP contribution in [0.1, 0.15) is 32.8 Å². The van der Waals surface area contributed by atoms with Gasteiger partial charge >= 0.3 is 0 Å². The topological polar surface area (TPSA) is 24.5 Å². The third kappa shape index (κ3) is 4.45. The maximum Gasteiger partial charge on any atom is 0.119 e. The minimum absolute atomic E-state index is 0.621. The van der Waals surface area contributed by atoms with E-state index in [0.717, 1.165) is 31.2 Å². The van der Waals surface area contributed by atoms with Crippen LogP contribution in [0, 0.1) is 5.92 Å². The van der Waals surface area contributed by atoms with Crippen LogP contribution in [0.25, 0.3) is 0 Å². The smallest absolute Gasteiger partial charge is 0.119 e. The van der Waals surface area contributed by atoms with E-state index < -0.39 is 0 Å². The summed E-state index contributed by atoms with van der Waals surface area (Å²) < 4.78 is 5.31. The van der Waals surface area contributed by atoms with Crippen molar-refractivity contribution in [1.82, 2.24) is 10.2 Å². The second kappa shape index (κ2) is 7.81. The molecule has 0 aliphatic carbocycles. The van der Waals surface area contributed by atoms with Crippen LogP contribution in [0.5, 0.6) is 5.75 Å². The van der Waals surface area contributed by atoms with Crippen molar-refractivity contribution < 1.29 is 4.74 Å². The number of hydrogen-bond donors (Lipinski definition) is 1. The van der Waals surface area contributed by atoms with Gasteiger partial charge in [0.05, 0.1) is 7.11 Å². The lowest BCUT2D eigenvalue weighted by Crippen LogP contribution is -2.57. The van der Waals surface area contributed by atoms with E-state index in [9.17, 15) is 0 Å². The molecule has 1 aliphatic heterocycles. The number of methoxy groups -OCH3 is 1. The summed E-state index contributed by atoms with van der Waals surface area (Å²) in [5.74, 6) is 1.70. The Bertz CT molecular complexity index is 435. The number of ether oxygens (including phenoxy) is 1. The van der Waals surface area contributed by atoms with E-state index in [-0.39, 0.29) is 0 Å². The van der Waals surface area contributed by atoms with E-state index in [1.54, 1.807) is 7.11 Å². The molecule has 2 rings (SSSR count). The molecular weight excluding hydrogens is 260 g/mol. The molecule has 0 spiro atoms. The molecule has 1 aromatic rings. The second-order valence-electron chi connectivity index (χ2n) is 6.35. The molecule has 0 radical (unpaired) electrons. The summed E-state index contributed by atoms with van der Waals surface area (Å²) in [5.41, 5.74) is 1.36. The Kier molecular flexibility index (Phi) is 6.07. The predicted octanol–water partition coefficient (Wildman–Crippen LogP) is 2.95. The molecule has 118 valence electrons. The Balaban J connectivity index is 1.91. The first-order valence-electron chi connectivity index (χ1n) is 8.24. The monoisotopic (exact) mass is 290 g/mol. The Labute approximate surface area is 129 Å². The maximum absolute atomic E-state index is 5.31. The van der Waals surface area contributed by atoms with E-state index in [2.05, 4.69) is 49.2 Å². The molecule has 1 aliphatic rings. The molecule has 3 atom stereocenters. The summed E-state index contributed by atoms with van der Waals surface area (Å²) in [4.78, 5) is 2.63. The van der Waals surface area contributed by atoms with Gasteiger partial charge in [0.2, 0.25) is 0 Å². The van der Waals surface area contributed by atoms with Gasteiger partial charge in [-0.05, 0) is 37.0 Å². The van der Waals surface area contributed by atoms with Gasteiger partial charge in [-0.15, -0.1) is 0 Å². The van der Waals surface area contributed by atoms with Crippen molar-refractivity contribution in [3.63, 3.8) is 0 Å². The first-order chi connectivity index (χ1) is 10.1. The summed E-state index contributed by atoms with van der Waals surface area (Å²) in [6, 6.07) is 9.70. The SMILES string of the molecule is CCC(C)C1CN(CCc2cccc(OC)c2)C(C)CN1. The van der Waals surface area contributed by atoms with Crippen LogP contribution in [0.3, 0.4) is 0 Å². The lowest BCUT2D eigenvalue weighted by atomic mass is 9.95. The number of benzene rings is 1. The molecule has 1 fully saturated rings. The number of rotatable bonds is 6. The molecule has 3 unspecified atom stereocenters. The molecule has 1 aromatic carbocycles. The van der Waals surface area contributed by atoms with Gasteiger partial charge < -0.3 is 10.1 Å². The van der Waals surface area contributed by atoms with Gasteiger partial charge in [0.1, 0.15) is 5.75 Å². The lowest BCUT2D eigenvalue weighted by molar-refractivity contribution is 0.120. The van der Waals surface area contributed by atoms with E-state index in [1.807, 2.05) is 6.07 Å². The molecule has 0 bridgehead atoms. The van der Waals surface area contributed by atoms with Crippen molar-refractivity contribution >= 4 is 0 Å². The van der Waals surface area contributed by atoms with Crippen LogP contribution >= 0.6 is 0 Å². The minimum Gasteiger partial charge on any atom is -0.497 e. The highest BCUT2D eigenvalue weighted by Crippen LogP contribution is 2.17. The quantitative estimate of drug-likeness (QED) is 0.872. The fraction of sp³-hybridized carbons (Fsp3) is 0.667. The third-order valence-corrected chi connectivity index (χ3v) is 4.88. The Morgan fingerprint density at radius 3 is 2.95 bits per heavy atom. The zero-order valence-electron chi connectivity index (χ0n) is 13.9. The number of nitrogens with zero attached hydrogens (tertiary/aromatic N) is 1. The Morgan fingerprint density at radius 1 is 1.43 bits per heavy atom. The van der Waals surface area contributed by atoms with Crippen LogP contribution in [0.4, 0.5) is 0 Å². The molecule has 0 amide bonds. The maximum atomic E-state index is 5.31. The van der Waals surface area contributed by atoms with Gasteiger partial charge in [-0.3, -0.25) is 4.90 Å². The molecule has 0 aromatic heterocycles. The predicted molar refractivity (Wildman–Crippen MR) is 89.0 cm³/mol. The number of piperazine rings is 1. The average Bonchev–Trinajstić information content (AvgIpc) is 2.53. The van der Waals surface area contributed by atoms with Crippen LogP contribution in [-0.2, 0) is 6.42 Å². The van der Waals surface area contributed by atoms with E-state index in [0.29, 0.717) is 12.1 Å². The molecule has 21 heavy (non-hydrogen) atoms. The molecular formula is C18H30N2O. The first-order valence-corrected chi connectivity index (χ1v) is 8.24. The summed E-state index contributed by atoms with van der Waals surface area (Å²) in [6.45, 7) is 10.4. The Hall–Kier alpha value is -1.06. The van der Waals surface area contributed by atoms with E-state index in [1.165, 1.54) is 18.5 Å². The summed E-state index contributed by atoms with van der Waals surface area (Å²) >= 11 is 0. The lowest BCUT2D eigenvalue weighted by Gasteiger charge is -2.41. The molecule has 3 heteroatoms. The fourth-order valence-electron chi connectivity index (χ4n) is 3.03. The number of hydrogen-bond acceptors (Lipinski definition) is 3. The first kappa shape index (κ1) is 16.3. The van der Waals surface area contributed by atoms with E-state index in [4.69, 9.17) is 4.74 Å². The highest BCUT2D eigenvalue weighted by molar-refractivity contribution is 5.28. The van der Waals surface area contributed by atoms with Gasteiger partial charge in [-0.25, -0.2) is 0 Å². The number of nitrogens with one attached hydrogen (secondary N) is 1. The largest absolute Gasteiger partial charge is 0.497 e. The van der Waals surface area contributed by atoms with Crippen molar-refractivity contribution in [2.45, 2.75) is 45.7 Å². The summed E-state index contributed by atoms with van der Waals surface area (Å²) in [6.07, 6.45) is 2.34. The van der Waals surface area contributed by atoms with Crippen molar-refractivity contribution in [2.75, 3.05) is 26.7 Å². The zero-order chi connectivity index (χ0) is 15.2.